The highest BCUT2D eigenvalue weighted by Gasteiger charge is 1.96. The van der Waals surface area contributed by atoms with Gasteiger partial charge < -0.3 is 15.4 Å². The largest absolute Gasteiger partial charge is 0.385 e. The second-order valence-electron chi connectivity index (χ2n) is 3.90. The number of carbonyl (C=O) groups is 1. The Hall–Kier alpha value is -1.39. The molecule has 17 heavy (non-hydrogen) atoms. The minimum absolute atomic E-state index is 0.0459. The third kappa shape index (κ3) is 6.04. The molecule has 4 heteroatoms. The van der Waals surface area contributed by atoms with Crippen LogP contribution in [0.2, 0.25) is 0 Å². The molecule has 0 unspecified atom stereocenters. The van der Waals surface area contributed by atoms with Crippen LogP contribution in [0.5, 0.6) is 0 Å². The maximum atomic E-state index is 10.8. The summed E-state index contributed by atoms with van der Waals surface area (Å²) in [7, 11) is 1.71. The summed E-state index contributed by atoms with van der Waals surface area (Å²) in [5, 5.41) is 6.07. The van der Waals surface area contributed by atoms with Crippen LogP contribution in [0.3, 0.4) is 0 Å². The summed E-state index contributed by atoms with van der Waals surface area (Å²) in [6, 6.07) is 7.84. The van der Waals surface area contributed by atoms with Gasteiger partial charge in [0.05, 0.1) is 0 Å². The molecule has 1 aromatic carbocycles. The zero-order valence-electron chi connectivity index (χ0n) is 10.5. The lowest BCUT2D eigenvalue weighted by molar-refractivity contribution is -0.114. The van der Waals surface area contributed by atoms with E-state index < -0.39 is 0 Å². The molecule has 2 N–H and O–H groups in total. The Labute approximate surface area is 102 Å². The van der Waals surface area contributed by atoms with Crippen molar-refractivity contribution in [3.63, 3.8) is 0 Å². The third-order valence-electron chi connectivity index (χ3n) is 2.31. The Morgan fingerprint density at radius 1 is 1.29 bits per heavy atom. The van der Waals surface area contributed by atoms with Crippen molar-refractivity contribution in [1.82, 2.24) is 5.32 Å². The molecule has 0 radical (unpaired) electrons. The Balaban J connectivity index is 2.28. The SMILES string of the molecule is COCCCNCc1ccc(NC(C)=O)cc1. The maximum absolute atomic E-state index is 10.8. The molecule has 0 saturated carbocycles. The molecule has 0 bridgehead atoms. The van der Waals surface area contributed by atoms with Crippen LogP contribution in [0, 0.1) is 0 Å². The molecule has 1 aromatic rings. The van der Waals surface area contributed by atoms with Crippen molar-refractivity contribution in [2.75, 3.05) is 25.6 Å². The molecular weight excluding hydrogens is 216 g/mol. The topological polar surface area (TPSA) is 50.4 Å². The van der Waals surface area contributed by atoms with Gasteiger partial charge in [0.1, 0.15) is 0 Å². The number of rotatable bonds is 7. The van der Waals surface area contributed by atoms with Gasteiger partial charge in [0.15, 0.2) is 0 Å². The third-order valence-corrected chi connectivity index (χ3v) is 2.31. The van der Waals surface area contributed by atoms with Crippen LogP contribution < -0.4 is 10.6 Å². The fourth-order valence-corrected chi connectivity index (χ4v) is 1.48. The molecule has 0 atom stereocenters. The lowest BCUT2D eigenvalue weighted by Gasteiger charge is -2.06. The number of ether oxygens (including phenoxy) is 1. The summed E-state index contributed by atoms with van der Waals surface area (Å²) < 4.78 is 4.97. The first-order valence-corrected chi connectivity index (χ1v) is 5.78. The average Bonchev–Trinajstić information content (AvgIpc) is 2.30. The van der Waals surface area contributed by atoms with Gasteiger partial charge in [0, 0.05) is 32.9 Å². The molecule has 0 fully saturated rings. The van der Waals surface area contributed by atoms with Crippen LogP contribution in [-0.2, 0) is 16.1 Å². The van der Waals surface area contributed by atoms with Gasteiger partial charge in [-0.1, -0.05) is 12.1 Å². The summed E-state index contributed by atoms with van der Waals surface area (Å²) in [5.41, 5.74) is 2.04. The summed E-state index contributed by atoms with van der Waals surface area (Å²) >= 11 is 0. The van der Waals surface area contributed by atoms with Gasteiger partial charge in [-0.05, 0) is 30.7 Å². The number of hydrogen-bond donors (Lipinski definition) is 2. The average molecular weight is 236 g/mol. The molecule has 0 saturated heterocycles. The zero-order chi connectivity index (χ0) is 12.5. The molecule has 0 aliphatic carbocycles. The van der Waals surface area contributed by atoms with Gasteiger partial charge >= 0.3 is 0 Å². The Kier molecular flexibility index (Phi) is 6.29. The molecule has 0 aromatic heterocycles. The van der Waals surface area contributed by atoms with Crippen molar-refractivity contribution in [2.45, 2.75) is 19.9 Å². The number of anilines is 1. The van der Waals surface area contributed by atoms with Gasteiger partial charge in [0.25, 0.3) is 0 Å². The van der Waals surface area contributed by atoms with Gasteiger partial charge in [0.2, 0.25) is 5.91 Å². The monoisotopic (exact) mass is 236 g/mol. The van der Waals surface area contributed by atoms with Crippen molar-refractivity contribution in [3.05, 3.63) is 29.8 Å². The van der Waals surface area contributed by atoms with Crippen LogP contribution in [0.25, 0.3) is 0 Å². The van der Waals surface area contributed by atoms with Crippen molar-refractivity contribution < 1.29 is 9.53 Å². The lowest BCUT2D eigenvalue weighted by atomic mass is 10.2. The van der Waals surface area contributed by atoms with Crippen LogP contribution >= 0.6 is 0 Å². The number of benzene rings is 1. The number of carbonyl (C=O) groups excluding carboxylic acids is 1. The summed E-state index contributed by atoms with van der Waals surface area (Å²) in [6.45, 7) is 4.07. The molecule has 94 valence electrons. The molecule has 4 nitrogen and oxygen atoms in total. The highest BCUT2D eigenvalue weighted by atomic mass is 16.5. The second kappa shape index (κ2) is 7.81. The first-order valence-electron chi connectivity index (χ1n) is 5.78. The first kappa shape index (κ1) is 13.7. The van der Waals surface area contributed by atoms with Crippen LogP contribution in [0.4, 0.5) is 5.69 Å². The van der Waals surface area contributed by atoms with Crippen LogP contribution in [-0.4, -0.2) is 26.2 Å². The normalized spacial score (nSPS) is 10.2. The molecule has 0 heterocycles. The van der Waals surface area contributed by atoms with E-state index in [1.807, 2.05) is 24.3 Å². The predicted octanol–water partition coefficient (Wildman–Crippen LogP) is 1.77. The quantitative estimate of drug-likeness (QED) is 0.709. The van der Waals surface area contributed by atoms with E-state index in [4.69, 9.17) is 4.74 Å². The highest BCUT2D eigenvalue weighted by molar-refractivity contribution is 5.88. The van der Waals surface area contributed by atoms with E-state index in [2.05, 4.69) is 10.6 Å². The van der Waals surface area contributed by atoms with Gasteiger partial charge in [-0.2, -0.15) is 0 Å². The fraction of sp³-hybridized carbons (Fsp3) is 0.462. The maximum Gasteiger partial charge on any atom is 0.221 e. The summed E-state index contributed by atoms with van der Waals surface area (Å²) in [4.78, 5) is 10.8. The van der Waals surface area contributed by atoms with E-state index >= 15 is 0 Å². The van der Waals surface area contributed by atoms with Gasteiger partial charge in [-0.25, -0.2) is 0 Å². The van der Waals surface area contributed by atoms with Crippen molar-refractivity contribution in [2.24, 2.45) is 0 Å². The van der Waals surface area contributed by atoms with E-state index in [0.29, 0.717) is 0 Å². The minimum Gasteiger partial charge on any atom is -0.385 e. The number of nitrogens with one attached hydrogen (secondary N) is 2. The molecule has 0 aliphatic heterocycles. The number of amides is 1. The van der Waals surface area contributed by atoms with Crippen molar-refractivity contribution >= 4 is 11.6 Å². The number of hydrogen-bond acceptors (Lipinski definition) is 3. The Bertz CT molecular complexity index is 336. The van der Waals surface area contributed by atoms with E-state index in [1.165, 1.54) is 12.5 Å². The second-order valence-corrected chi connectivity index (χ2v) is 3.90. The smallest absolute Gasteiger partial charge is 0.221 e. The lowest BCUT2D eigenvalue weighted by Crippen LogP contribution is -2.16. The minimum atomic E-state index is -0.0459. The zero-order valence-corrected chi connectivity index (χ0v) is 10.5. The standard InChI is InChI=1S/C13H20N2O2/c1-11(16)15-13-6-4-12(5-7-13)10-14-8-3-9-17-2/h4-7,14H,3,8-10H2,1-2H3,(H,15,16). The van der Waals surface area contributed by atoms with Crippen molar-refractivity contribution in [3.8, 4) is 0 Å². The molecular formula is C13H20N2O2. The van der Waals surface area contributed by atoms with E-state index in [1.54, 1.807) is 7.11 Å². The van der Waals surface area contributed by atoms with Crippen LogP contribution in [0.1, 0.15) is 18.9 Å². The number of methoxy groups -OCH3 is 1. The van der Waals surface area contributed by atoms with E-state index in [0.717, 1.165) is 31.8 Å². The van der Waals surface area contributed by atoms with Crippen LogP contribution in [0.15, 0.2) is 24.3 Å². The molecule has 0 aliphatic rings. The van der Waals surface area contributed by atoms with Crippen molar-refractivity contribution in [1.29, 1.82) is 0 Å². The highest BCUT2D eigenvalue weighted by Crippen LogP contribution is 2.09. The molecule has 0 spiro atoms. The molecule has 1 amide bonds. The Morgan fingerprint density at radius 2 is 2.00 bits per heavy atom. The molecule has 1 rings (SSSR count). The summed E-state index contributed by atoms with van der Waals surface area (Å²) in [5.74, 6) is -0.0459. The Morgan fingerprint density at radius 3 is 2.59 bits per heavy atom. The van der Waals surface area contributed by atoms with Gasteiger partial charge in [-0.15, -0.1) is 0 Å². The van der Waals surface area contributed by atoms with E-state index in [9.17, 15) is 4.79 Å². The van der Waals surface area contributed by atoms with Gasteiger partial charge in [-0.3, -0.25) is 4.79 Å². The first-order chi connectivity index (χ1) is 8.22. The fourth-order valence-electron chi connectivity index (χ4n) is 1.48. The predicted molar refractivity (Wildman–Crippen MR) is 68.9 cm³/mol. The van der Waals surface area contributed by atoms with E-state index in [-0.39, 0.29) is 5.91 Å². The summed E-state index contributed by atoms with van der Waals surface area (Å²) in [6.07, 6.45) is 1.01.